The van der Waals surface area contributed by atoms with Gasteiger partial charge in [0.25, 0.3) is 0 Å². The lowest BCUT2D eigenvalue weighted by Gasteiger charge is -2.42. The lowest BCUT2D eigenvalue weighted by molar-refractivity contribution is 0.632. The zero-order valence-corrected chi connectivity index (χ0v) is 38.6. The molecule has 0 saturated carbocycles. The van der Waals surface area contributed by atoms with Crippen LogP contribution in [0.15, 0.2) is 231 Å². The van der Waals surface area contributed by atoms with Crippen LogP contribution in [0.3, 0.4) is 0 Å². The van der Waals surface area contributed by atoms with Crippen molar-refractivity contribution in [3.05, 3.63) is 247 Å². The number of rotatable bonds is 7. The standard InChI is InChI=1S/C65H48N4/c1-65(2)55-27-14-15-28-60(55)68(51-23-10-5-11-24-51)62-41-49(33-36-56(62)65)48-35-37-59-54(40-48)63-53-26-13-12-19-45(53)34-38-61(63)69(59)52-25-16-22-50(39-52)58-42-57(66-64(67-58)47-20-8-4-9-21-47)46-31-29-44(30-32-46)43-17-6-3-7-18-43/h3-15,17-21,23-42H,16,22H2,1-2H3. The third-order valence-electron chi connectivity index (χ3n) is 14.5. The first-order valence-corrected chi connectivity index (χ1v) is 24.0. The molecule has 328 valence electrons. The second kappa shape index (κ2) is 16.3. The number of aromatic nitrogens is 3. The molecule has 2 aliphatic rings. The van der Waals surface area contributed by atoms with Crippen LogP contribution in [0.4, 0.5) is 17.1 Å². The van der Waals surface area contributed by atoms with E-state index in [1.165, 1.54) is 82.9 Å². The van der Waals surface area contributed by atoms with Crippen molar-refractivity contribution < 1.29 is 0 Å². The summed E-state index contributed by atoms with van der Waals surface area (Å²) in [5, 5.41) is 4.98. The summed E-state index contributed by atoms with van der Waals surface area (Å²) in [4.78, 5) is 12.9. The van der Waals surface area contributed by atoms with Crippen molar-refractivity contribution in [3.8, 4) is 44.9 Å². The van der Waals surface area contributed by atoms with Crippen molar-refractivity contribution in [2.45, 2.75) is 32.1 Å². The van der Waals surface area contributed by atoms with Gasteiger partial charge in [0.2, 0.25) is 0 Å². The van der Waals surface area contributed by atoms with Gasteiger partial charge in [-0.3, -0.25) is 0 Å². The molecule has 4 heteroatoms. The minimum absolute atomic E-state index is 0.170. The van der Waals surface area contributed by atoms with E-state index in [4.69, 9.17) is 9.97 Å². The molecule has 0 atom stereocenters. The molecule has 0 N–H and O–H groups in total. The number of hydrogen-bond donors (Lipinski definition) is 0. The molecule has 0 radical (unpaired) electrons. The quantitative estimate of drug-likeness (QED) is 0.160. The molecule has 2 aromatic heterocycles. The van der Waals surface area contributed by atoms with E-state index in [-0.39, 0.29) is 5.41 Å². The first kappa shape index (κ1) is 40.7. The Morgan fingerprint density at radius 3 is 1.87 bits per heavy atom. The summed E-state index contributed by atoms with van der Waals surface area (Å²) < 4.78 is 2.48. The van der Waals surface area contributed by atoms with Crippen molar-refractivity contribution in [1.29, 1.82) is 0 Å². The van der Waals surface area contributed by atoms with Crippen LogP contribution in [0.2, 0.25) is 0 Å². The Kier molecular flexibility index (Phi) is 9.62. The van der Waals surface area contributed by atoms with Crippen molar-refractivity contribution in [2.75, 3.05) is 4.90 Å². The van der Waals surface area contributed by atoms with Crippen molar-refractivity contribution in [2.24, 2.45) is 0 Å². The molecule has 11 aromatic rings. The van der Waals surface area contributed by atoms with Gasteiger partial charge in [-0.1, -0.05) is 190 Å². The maximum atomic E-state index is 5.30. The van der Waals surface area contributed by atoms with Crippen molar-refractivity contribution in [1.82, 2.24) is 14.5 Å². The molecule has 1 aliphatic heterocycles. The molecule has 9 aromatic carbocycles. The van der Waals surface area contributed by atoms with Gasteiger partial charge in [-0.25, -0.2) is 9.97 Å². The summed E-state index contributed by atoms with van der Waals surface area (Å²) in [6, 6.07) is 79.1. The Hall–Kier alpha value is -8.60. The predicted molar refractivity (Wildman–Crippen MR) is 289 cm³/mol. The highest BCUT2D eigenvalue weighted by atomic mass is 15.2. The average Bonchev–Trinajstić information content (AvgIpc) is 3.76. The molecular formula is C65H48N4. The number of nitrogens with zero attached hydrogens (tertiary/aromatic N) is 4. The summed E-state index contributed by atoms with van der Waals surface area (Å²) in [5.74, 6) is 0.727. The van der Waals surface area contributed by atoms with Crippen LogP contribution < -0.4 is 4.90 Å². The predicted octanol–water partition coefficient (Wildman–Crippen LogP) is 17.2. The molecule has 0 bridgehead atoms. The third kappa shape index (κ3) is 6.90. The van der Waals surface area contributed by atoms with E-state index >= 15 is 0 Å². The number of allylic oxidation sites excluding steroid dienone is 4. The highest BCUT2D eigenvalue weighted by Crippen LogP contribution is 2.53. The van der Waals surface area contributed by atoms with Crippen LogP contribution in [-0.2, 0) is 5.41 Å². The van der Waals surface area contributed by atoms with E-state index in [9.17, 15) is 0 Å². The van der Waals surface area contributed by atoms with Crippen LogP contribution >= 0.6 is 0 Å². The zero-order valence-electron chi connectivity index (χ0n) is 38.6. The first-order chi connectivity index (χ1) is 34.0. The molecule has 13 rings (SSSR count). The fourth-order valence-electron chi connectivity index (χ4n) is 11.0. The summed E-state index contributed by atoms with van der Waals surface area (Å²) in [6.45, 7) is 4.71. The molecular weight excluding hydrogens is 837 g/mol. The number of hydrogen-bond acceptors (Lipinski definition) is 3. The molecule has 1 aliphatic carbocycles. The van der Waals surface area contributed by atoms with Crippen LogP contribution in [0, 0.1) is 0 Å². The van der Waals surface area contributed by atoms with Gasteiger partial charge >= 0.3 is 0 Å². The summed E-state index contributed by atoms with van der Waals surface area (Å²) in [6.07, 6.45) is 6.54. The highest BCUT2D eigenvalue weighted by Gasteiger charge is 2.37. The van der Waals surface area contributed by atoms with Gasteiger partial charge in [0.1, 0.15) is 0 Å². The Balaban J connectivity index is 0.948. The molecule has 0 saturated heterocycles. The van der Waals surface area contributed by atoms with Crippen LogP contribution in [0.1, 0.15) is 43.5 Å². The molecule has 69 heavy (non-hydrogen) atoms. The lowest BCUT2D eigenvalue weighted by atomic mass is 9.73. The summed E-state index contributed by atoms with van der Waals surface area (Å²) >= 11 is 0. The van der Waals surface area contributed by atoms with Gasteiger partial charge in [-0.05, 0) is 117 Å². The number of benzene rings is 9. The van der Waals surface area contributed by atoms with Gasteiger partial charge in [-0.2, -0.15) is 0 Å². The first-order valence-electron chi connectivity index (χ1n) is 24.0. The second-order valence-electron chi connectivity index (χ2n) is 18.9. The molecule has 0 unspecified atom stereocenters. The Labute approximate surface area is 402 Å². The Bertz CT molecular complexity index is 3840. The van der Waals surface area contributed by atoms with Crippen LogP contribution in [0.5, 0.6) is 0 Å². The van der Waals surface area contributed by atoms with E-state index < -0.39 is 0 Å². The number of para-hydroxylation sites is 2. The summed E-state index contributed by atoms with van der Waals surface area (Å²) in [7, 11) is 0. The smallest absolute Gasteiger partial charge is 0.160 e. The maximum Gasteiger partial charge on any atom is 0.160 e. The Morgan fingerprint density at radius 2 is 1.06 bits per heavy atom. The molecule has 0 fully saturated rings. The lowest BCUT2D eigenvalue weighted by Crippen LogP contribution is -2.30. The number of anilines is 3. The highest BCUT2D eigenvalue weighted by molar-refractivity contribution is 6.22. The van der Waals surface area contributed by atoms with E-state index in [2.05, 4.69) is 248 Å². The Morgan fingerprint density at radius 1 is 0.449 bits per heavy atom. The second-order valence-corrected chi connectivity index (χ2v) is 18.9. The van der Waals surface area contributed by atoms with E-state index in [1.807, 2.05) is 6.07 Å². The molecule has 4 nitrogen and oxygen atoms in total. The minimum atomic E-state index is -0.170. The van der Waals surface area contributed by atoms with E-state index in [0.717, 1.165) is 52.6 Å². The van der Waals surface area contributed by atoms with Gasteiger partial charge in [0, 0.05) is 38.7 Å². The fraction of sp³-hybridized carbons (Fsp3) is 0.0769. The van der Waals surface area contributed by atoms with Crippen molar-refractivity contribution in [3.63, 3.8) is 0 Å². The largest absolute Gasteiger partial charge is 0.310 e. The van der Waals surface area contributed by atoms with Gasteiger partial charge in [0.15, 0.2) is 5.82 Å². The molecule has 0 spiro atoms. The average molecular weight is 885 g/mol. The molecule has 0 amide bonds. The van der Waals surface area contributed by atoms with Crippen LogP contribution in [0.25, 0.3) is 88.7 Å². The van der Waals surface area contributed by atoms with E-state index in [1.54, 1.807) is 0 Å². The SMILES string of the molecule is CC1(C)c2ccccc2N(c2ccccc2)c2cc(-c3ccc4c(c3)c3c5ccccc5ccc3n4C3=CCCC(c4cc(-c5ccc(-c6ccccc6)cc5)nc(-c5ccccc5)n4)=C3)ccc21. The van der Waals surface area contributed by atoms with Gasteiger partial charge in [-0.15, -0.1) is 0 Å². The van der Waals surface area contributed by atoms with Crippen molar-refractivity contribution >= 4 is 60.9 Å². The van der Waals surface area contributed by atoms with Crippen LogP contribution in [-0.4, -0.2) is 14.5 Å². The maximum absolute atomic E-state index is 5.30. The summed E-state index contributed by atoms with van der Waals surface area (Å²) in [5.41, 5.74) is 19.5. The normalized spacial score (nSPS) is 14.1. The number of fused-ring (bicyclic) bond motifs is 7. The topological polar surface area (TPSA) is 34.0 Å². The zero-order chi connectivity index (χ0) is 46.1. The van der Waals surface area contributed by atoms with Gasteiger partial charge < -0.3 is 9.47 Å². The monoisotopic (exact) mass is 884 g/mol. The van der Waals surface area contributed by atoms with E-state index in [0.29, 0.717) is 0 Å². The fourth-order valence-corrected chi connectivity index (χ4v) is 11.0. The third-order valence-corrected chi connectivity index (χ3v) is 14.5. The van der Waals surface area contributed by atoms with Gasteiger partial charge in [0.05, 0.1) is 33.8 Å². The minimum Gasteiger partial charge on any atom is -0.310 e. The molecule has 3 heterocycles.